The maximum Gasteiger partial charge on any atom is 0.180 e. The molecule has 0 bridgehead atoms. The second kappa shape index (κ2) is 6.50. The van der Waals surface area contributed by atoms with Crippen LogP contribution in [-0.2, 0) is 21.1 Å². The molecule has 5 heteroatoms. The summed E-state index contributed by atoms with van der Waals surface area (Å²) in [5, 5.41) is 0. The Morgan fingerprint density at radius 3 is 2.58 bits per heavy atom. The summed E-state index contributed by atoms with van der Waals surface area (Å²) >= 11 is 0. The molecule has 0 unspecified atom stereocenters. The van der Waals surface area contributed by atoms with Crippen molar-refractivity contribution in [2.24, 2.45) is 5.73 Å². The van der Waals surface area contributed by atoms with E-state index in [2.05, 4.69) is 0 Å². The van der Waals surface area contributed by atoms with Crippen LogP contribution in [0.25, 0.3) is 0 Å². The van der Waals surface area contributed by atoms with Crippen molar-refractivity contribution in [1.29, 1.82) is 0 Å². The highest BCUT2D eigenvalue weighted by atomic mass is 32.2. The van der Waals surface area contributed by atoms with E-state index in [-0.39, 0.29) is 18.0 Å². The van der Waals surface area contributed by atoms with Crippen LogP contribution in [0.3, 0.4) is 0 Å². The molecule has 0 aliphatic heterocycles. The fraction of sp³-hybridized carbons (Fsp3) is 0.571. The minimum atomic E-state index is -3.30. The molecule has 19 heavy (non-hydrogen) atoms. The number of benzene rings is 1. The summed E-state index contributed by atoms with van der Waals surface area (Å²) in [7, 11) is -3.30. The van der Waals surface area contributed by atoms with Crippen molar-refractivity contribution in [2.45, 2.75) is 44.2 Å². The summed E-state index contributed by atoms with van der Waals surface area (Å²) < 4.78 is 29.9. The lowest BCUT2D eigenvalue weighted by atomic mass is 10.1. The van der Waals surface area contributed by atoms with Gasteiger partial charge in [0.15, 0.2) is 9.84 Å². The Labute approximate surface area is 115 Å². The lowest BCUT2D eigenvalue weighted by Crippen LogP contribution is -2.26. The Morgan fingerprint density at radius 2 is 2.00 bits per heavy atom. The van der Waals surface area contributed by atoms with Gasteiger partial charge in [0.25, 0.3) is 0 Å². The molecular formula is C14H23NO3S. The van der Waals surface area contributed by atoms with Crippen LogP contribution in [-0.4, -0.2) is 26.4 Å². The van der Waals surface area contributed by atoms with Crippen LogP contribution in [0.15, 0.2) is 29.2 Å². The SMILES string of the molecule is CCC(C)(C)OCCS(=O)(=O)c1cccc(CN)c1. The van der Waals surface area contributed by atoms with Crippen molar-refractivity contribution in [2.75, 3.05) is 12.4 Å². The standard InChI is InChI=1S/C14H23NO3S/c1-4-14(2,3)18-8-9-19(16,17)13-7-5-6-12(10-13)11-15/h5-7,10H,4,8-9,11,15H2,1-3H3. The summed E-state index contributed by atoms with van der Waals surface area (Å²) in [6.45, 7) is 6.46. The molecule has 0 spiro atoms. The molecule has 4 nitrogen and oxygen atoms in total. The van der Waals surface area contributed by atoms with E-state index >= 15 is 0 Å². The van der Waals surface area contributed by atoms with Gasteiger partial charge in [0.2, 0.25) is 0 Å². The van der Waals surface area contributed by atoms with Gasteiger partial charge in [0.05, 0.1) is 22.9 Å². The molecule has 1 aromatic rings. The third-order valence-electron chi connectivity index (χ3n) is 3.19. The van der Waals surface area contributed by atoms with Crippen molar-refractivity contribution in [3.8, 4) is 0 Å². The number of nitrogens with two attached hydrogens (primary N) is 1. The van der Waals surface area contributed by atoms with Crippen LogP contribution in [0, 0.1) is 0 Å². The molecular weight excluding hydrogens is 262 g/mol. The van der Waals surface area contributed by atoms with E-state index in [4.69, 9.17) is 10.5 Å². The van der Waals surface area contributed by atoms with Crippen LogP contribution >= 0.6 is 0 Å². The monoisotopic (exact) mass is 285 g/mol. The smallest absolute Gasteiger partial charge is 0.180 e. The van der Waals surface area contributed by atoms with Gasteiger partial charge in [0.1, 0.15) is 0 Å². The number of sulfone groups is 1. The van der Waals surface area contributed by atoms with Gasteiger partial charge in [-0.25, -0.2) is 8.42 Å². The average molecular weight is 285 g/mol. The summed E-state index contributed by atoms with van der Waals surface area (Å²) in [6, 6.07) is 6.75. The fourth-order valence-electron chi connectivity index (χ4n) is 1.51. The first kappa shape index (κ1) is 16.1. The predicted octanol–water partition coefficient (Wildman–Crippen LogP) is 2.12. The van der Waals surface area contributed by atoms with Crippen molar-refractivity contribution in [1.82, 2.24) is 0 Å². The first-order chi connectivity index (χ1) is 8.80. The van der Waals surface area contributed by atoms with Gasteiger partial charge < -0.3 is 10.5 Å². The quantitative estimate of drug-likeness (QED) is 0.833. The highest BCUT2D eigenvalue weighted by Crippen LogP contribution is 2.16. The molecule has 2 N–H and O–H groups in total. The molecule has 0 fully saturated rings. The van der Waals surface area contributed by atoms with Gasteiger partial charge in [-0.2, -0.15) is 0 Å². The zero-order chi connectivity index (χ0) is 14.5. The second-order valence-corrected chi connectivity index (χ2v) is 7.24. The molecule has 1 rings (SSSR count). The van der Waals surface area contributed by atoms with Crippen LogP contribution in [0.4, 0.5) is 0 Å². The van der Waals surface area contributed by atoms with Gasteiger partial charge in [-0.1, -0.05) is 19.1 Å². The predicted molar refractivity (Wildman–Crippen MR) is 76.7 cm³/mol. The van der Waals surface area contributed by atoms with E-state index in [1.54, 1.807) is 18.2 Å². The molecule has 0 radical (unpaired) electrons. The zero-order valence-corrected chi connectivity index (χ0v) is 12.7. The Hall–Kier alpha value is -0.910. The third kappa shape index (κ3) is 4.93. The minimum absolute atomic E-state index is 0.00947. The molecule has 1 aromatic carbocycles. The molecule has 0 aliphatic carbocycles. The molecule has 0 atom stereocenters. The van der Waals surface area contributed by atoms with Crippen LogP contribution in [0.5, 0.6) is 0 Å². The molecule has 0 aliphatic rings. The number of hydrogen-bond donors (Lipinski definition) is 1. The largest absolute Gasteiger partial charge is 0.375 e. The second-order valence-electron chi connectivity index (χ2n) is 5.13. The number of rotatable bonds is 7. The van der Waals surface area contributed by atoms with Crippen molar-refractivity contribution < 1.29 is 13.2 Å². The summed E-state index contributed by atoms with van der Waals surface area (Å²) in [5.41, 5.74) is 6.05. The van der Waals surface area contributed by atoms with Gasteiger partial charge in [-0.3, -0.25) is 0 Å². The number of ether oxygens (including phenoxy) is 1. The third-order valence-corrected chi connectivity index (χ3v) is 4.87. The normalized spacial score (nSPS) is 12.6. The fourth-order valence-corrected chi connectivity index (χ4v) is 2.67. The van der Waals surface area contributed by atoms with Gasteiger partial charge >= 0.3 is 0 Å². The first-order valence-electron chi connectivity index (χ1n) is 6.46. The molecule has 0 saturated carbocycles. The average Bonchev–Trinajstić information content (AvgIpc) is 2.38. The highest BCUT2D eigenvalue weighted by molar-refractivity contribution is 7.91. The van der Waals surface area contributed by atoms with Crippen molar-refractivity contribution in [3.05, 3.63) is 29.8 Å². The number of hydrogen-bond acceptors (Lipinski definition) is 4. The van der Waals surface area contributed by atoms with Crippen LogP contribution in [0.1, 0.15) is 32.8 Å². The van der Waals surface area contributed by atoms with E-state index in [9.17, 15) is 8.42 Å². The molecule has 0 saturated heterocycles. The Morgan fingerprint density at radius 1 is 1.32 bits per heavy atom. The Balaban J connectivity index is 2.71. The molecule has 108 valence electrons. The maximum absolute atomic E-state index is 12.2. The summed E-state index contributed by atoms with van der Waals surface area (Å²) in [5.74, 6) is -0.00947. The minimum Gasteiger partial charge on any atom is -0.375 e. The van der Waals surface area contributed by atoms with E-state index in [0.717, 1.165) is 12.0 Å². The van der Waals surface area contributed by atoms with Gasteiger partial charge in [-0.05, 0) is 38.0 Å². The lowest BCUT2D eigenvalue weighted by molar-refractivity contribution is -0.0114. The van der Waals surface area contributed by atoms with Crippen molar-refractivity contribution in [3.63, 3.8) is 0 Å². The van der Waals surface area contributed by atoms with Crippen LogP contribution in [0.2, 0.25) is 0 Å². The van der Waals surface area contributed by atoms with Crippen molar-refractivity contribution >= 4 is 9.84 Å². The molecule has 0 amide bonds. The zero-order valence-electron chi connectivity index (χ0n) is 11.8. The summed E-state index contributed by atoms with van der Waals surface area (Å²) in [4.78, 5) is 0.313. The highest BCUT2D eigenvalue weighted by Gasteiger charge is 2.19. The van der Waals surface area contributed by atoms with E-state index < -0.39 is 9.84 Å². The van der Waals surface area contributed by atoms with E-state index in [1.807, 2.05) is 26.8 Å². The Bertz CT molecular complexity index is 509. The first-order valence-corrected chi connectivity index (χ1v) is 8.12. The van der Waals surface area contributed by atoms with E-state index in [0.29, 0.717) is 11.4 Å². The summed E-state index contributed by atoms with van der Waals surface area (Å²) in [6.07, 6.45) is 0.843. The van der Waals surface area contributed by atoms with Gasteiger partial charge in [-0.15, -0.1) is 0 Å². The topological polar surface area (TPSA) is 69.4 Å². The van der Waals surface area contributed by atoms with Gasteiger partial charge in [0, 0.05) is 6.54 Å². The Kier molecular flexibility index (Phi) is 5.52. The van der Waals surface area contributed by atoms with E-state index in [1.165, 1.54) is 0 Å². The maximum atomic E-state index is 12.2. The molecule has 0 aromatic heterocycles. The molecule has 0 heterocycles. The lowest BCUT2D eigenvalue weighted by Gasteiger charge is -2.23. The van der Waals surface area contributed by atoms with Crippen LogP contribution < -0.4 is 5.73 Å².